The van der Waals surface area contributed by atoms with E-state index in [9.17, 15) is 23.1 Å². The molecule has 0 saturated carbocycles. The molecule has 1 aliphatic heterocycles. The average molecular weight is 453 g/mol. The summed E-state index contributed by atoms with van der Waals surface area (Å²) in [6.07, 6.45) is 2.07. The van der Waals surface area contributed by atoms with Crippen LogP contribution in [0.4, 0.5) is 18.9 Å². The molecule has 0 aliphatic carbocycles. The molecule has 6 nitrogen and oxygen atoms in total. The summed E-state index contributed by atoms with van der Waals surface area (Å²) in [6, 6.07) is 3.77. The molecule has 1 aromatic heterocycles. The van der Waals surface area contributed by atoms with Crippen molar-refractivity contribution in [2.24, 2.45) is 0 Å². The number of ether oxygens (including phenoxy) is 1. The molecule has 1 aliphatic rings. The fourth-order valence-corrected chi connectivity index (χ4v) is 4.44. The fourth-order valence-electron chi connectivity index (χ4n) is 3.73. The van der Waals surface area contributed by atoms with Crippen molar-refractivity contribution in [3.63, 3.8) is 0 Å². The van der Waals surface area contributed by atoms with Gasteiger partial charge in [-0.05, 0) is 32.2 Å². The highest BCUT2D eigenvalue weighted by molar-refractivity contribution is 7.12. The summed E-state index contributed by atoms with van der Waals surface area (Å²) in [5.74, 6) is 2.11. The first-order valence-electron chi connectivity index (χ1n) is 9.56. The van der Waals surface area contributed by atoms with Gasteiger partial charge in [-0.1, -0.05) is 0 Å². The zero-order valence-corrected chi connectivity index (χ0v) is 17.9. The van der Waals surface area contributed by atoms with Crippen LogP contribution in [0, 0.1) is 19.3 Å². The topological polar surface area (TPSA) is 65.9 Å². The minimum Gasteiger partial charge on any atom is -0.508 e. The van der Waals surface area contributed by atoms with Crippen molar-refractivity contribution >= 4 is 22.9 Å². The number of methoxy groups -OCH3 is 1. The number of amides is 1. The van der Waals surface area contributed by atoms with E-state index in [-0.39, 0.29) is 18.0 Å². The molecule has 1 N–H and O–H groups in total. The number of alkyl halides is 3. The molecule has 166 valence electrons. The van der Waals surface area contributed by atoms with E-state index in [2.05, 4.69) is 10.9 Å². The van der Waals surface area contributed by atoms with Crippen LogP contribution < -0.4 is 9.64 Å². The Hall–Kier alpha value is -2.77. The monoisotopic (exact) mass is 453 g/mol. The predicted molar refractivity (Wildman–Crippen MR) is 112 cm³/mol. The number of nitrogens with zero attached hydrogens (tertiary/aromatic N) is 3. The van der Waals surface area contributed by atoms with E-state index >= 15 is 0 Å². The number of likely N-dealkylation sites (tertiary alicyclic amines) is 1. The Morgan fingerprint density at radius 2 is 2.19 bits per heavy atom. The minimum atomic E-state index is -4.34. The van der Waals surface area contributed by atoms with Gasteiger partial charge in [0.05, 0.1) is 25.4 Å². The van der Waals surface area contributed by atoms with Crippen LogP contribution in [-0.2, 0) is 0 Å². The highest BCUT2D eigenvalue weighted by atomic mass is 32.1. The Bertz CT molecular complexity index is 1000. The molecule has 2 aromatic rings. The first kappa shape index (κ1) is 22.9. The third kappa shape index (κ3) is 5.48. The number of benzene rings is 1. The largest absolute Gasteiger partial charge is 0.508 e. The third-order valence-corrected chi connectivity index (χ3v) is 5.88. The van der Waals surface area contributed by atoms with Crippen molar-refractivity contribution in [1.29, 1.82) is 0 Å². The Kier molecular flexibility index (Phi) is 6.77. The van der Waals surface area contributed by atoms with Gasteiger partial charge in [-0.3, -0.25) is 9.69 Å². The second-order valence-corrected chi connectivity index (χ2v) is 8.48. The third-order valence-electron chi connectivity index (χ3n) is 4.98. The number of hydrogen-bond donors (Lipinski definition) is 1. The molecule has 1 atom stereocenters. The number of carbonyl (C=O) groups excluding carboxylic acids is 1. The minimum absolute atomic E-state index is 0.0361. The number of aromatic hydroxyl groups is 1. The van der Waals surface area contributed by atoms with Crippen LogP contribution in [0.5, 0.6) is 11.5 Å². The lowest BCUT2D eigenvalue weighted by molar-refractivity contribution is -0.148. The number of phenols is 1. The number of aromatic nitrogens is 1. The molecule has 1 unspecified atom stereocenters. The van der Waals surface area contributed by atoms with E-state index in [0.717, 1.165) is 0 Å². The van der Waals surface area contributed by atoms with Gasteiger partial charge in [-0.25, -0.2) is 4.98 Å². The number of rotatable bonds is 5. The molecule has 1 fully saturated rings. The fraction of sp³-hybridized carbons (Fsp3) is 0.429. The van der Waals surface area contributed by atoms with Crippen LogP contribution in [0.25, 0.3) is 0 Å². The summed E-state index contributed by atoms with van der Waals surface area (Å²) < 4.78 is 44.1. The molecule has 0 radical (unpaired) electrons. The van der Waals surface area contributed by atoms with Crippen LogP contribution in [0.15, 0.2) is 18.2 Å². The van der Waals surface area contributed by atoms with E-state index < -0.39 is 24.7 Å². The highest BCUT2D eigenvalue weighted by Crippen LogP contribution is 2.33. The molecule has 1 aromatic carbocycles. The lowest BCUT2D eigenvalue weighted by Crippen LogP contribution is -2.52. The molecule has 1 amide bonds. The van der Waals surface area contributed by atoms with Gasteiger partial charge in [-0.2, -0.15) is 13.2 Å². The van der Waals surface area contributed by atoms with Crippen molar-refractivity contribution in [2.45, 2.75) is 32.0 Å². The van der Waals surface area contributed by atoms with Gasteiger partial charge in [-0.15, -0.1) is 17.8 Å². The van der Waals surface area contributed by atoms with E-state index in [1.54, 1.807) is 13.0 Å². The number of piperidine rings is 1. The molecule has 1 saturated heterocycles. The van der Waals surface area contributed by atoms with Crippen LogP contribution >= 0.6 is 11.3 Å². The van der Waals surface area contributed by atoms with Crippen LogP contribution in [0.3, 0.4) is 0 Å². The average Bonchev–Trinajstić information content (AvgIpc) is 3.07. The standard InChI is InChI=1S/C21H22F3N3O3S/c1-4-18-25-19(13(2)31-18)20(29)27(15-8-16(28)10-17(9-15)30-3)14-6-5-7-26(11-14)12-21(22,23)24/h1,8-10,14,28H,5-7,11-12H2,2-3H3. The zero-order valence-electron chi connectivity index (χ0n) is 17.1. The highest BCUT2D eigenvalue weighted by Gasteiger charge is 2.37. The van der Waals surface area contributed by atoms with Gasteiger partial charge in [0.15, 0.2) is 5.01 Å². The number of anilines is 1. The molecule has 10 heteroatoms. The van der Waals surface area contributed by atoms with Gasteiger partial charge in [0.1, 0.15) is 17.2 Å². The maximum Gasteiger partial charge on any atom is 0.401 e. The molecule has 31 heavy (non-hydrogen) atoms. The number of thiazole rings is 1. The smallest absolute Gasteiger partial charge is 0.401 e. The van der Waals surface area contributed by atoms with Crippen LogP contribution in [-0.4, -0.2) is 59.9 Å². The van der Waals surface area contributed by atoms with Crippen molar-refractivity contribution in [3.05, 3.63) is 33.8 Å². The van der Waals surface area contributed by atoms with Crippen LogP contribution in [0.1, 0.15) is 33.2 Å². The number of phenolic OH excluding ortho intramolecular Hbond substituents is 1. The number of carbonyl (C=O) groups is 1. The Balaban J connectivity index is 2.02. The van der Waals surface area contributed by atoms with Crippen molar-refractivity contribution in [2.75, 3.05) is 31.6 Å². The number of halogens is 3. The first-order valence-corrected chi connectivity index (χ1v) is 10.4. The molecule has 3 rings (SSSR count). The maximum absolute atomic E-state index is 13.5. The summed E-state index contributed by atoms with van der Waals surface area (Å²) in [5, 5.41) is 10.5. The summed E-state index contributed by atoms with van der Waals surface area (Å²) in [5.41, 5.74) is 0.462. The van der Waals surface area contributed by atoms with Gasteiger partial charge in [0.2, 0.25) is 0 Å². The van der Waals surface area contributed by atoms with Crippen molar-refractivity contribution in [1.82, 2.24) is 9.88 Å². The quantitative estimate of drug-likeness (QED) is 0.698. The Morgan fingerprint density at radius 1 is 1.45 bits per heavy atom. The summed E-state index contributed by atoms with van der Waals surface area (Å²) in [7, 11) is 1.42. The van der Waals surface area contributed by atoms with Crippen LogP contribution in [0.2, 0.25) is 0 Å². The zero-order chi connectivity index (χ0) is 22.8. The molecule has 0 spiro atoms. The number of terminal acetylenes is 1. The van der Waals surface area contributed by atoms with E-state index in [0.29, 0.717) is 40.7 Å². The molecular formula is C21H22F3N3O3S. The summed E-state index contributed by atoms with van der Waals surface area (Å²) >= 11 is 1.19. The molecule has 0 bridgehead atoms. The lowest BCUT2D eigenvalue weighted by Gasteiger charge is -2.39. The lowest BCUT2D eigenvalue weighted by atomic mass is 10.0. The second-order valence-electron chi connectivity index (χ2n) is 7.28. The SMILES string of the molecule is C#Cc1nc(C(=O)N(c2cc(O)cc(OC)c2)C2CCCN(CC(F)(F)F)C2)c(C)s1. The van der Waals surface area contributed by atoms with Gasteiger partial charge < -0.3 is 14.7 Å². The predicted octanol–water partition coefficient (Wildman–Crippen LogP) is 3.82. The summed E-state index contributed by atoms with van der Waals surface area (Å²) in [4.78, 5) is 21.0. The Morgan fingerprint density at radius 3 is 2.81 bits per heavy atom. The van der Waals surface area contributed by atoms with Gasteiger partial charge >= 0.3 is 6.18 Å². The van der Waals surface area contributed by atoms with Crippen molar-refractivity contribution in [3.8, 4) is 23.8 Å². The second kappa shape index (κ2) is 9.16. The van der Waals surface area contributed by atoms with E-state index in [4.69, 9.17) is 11.2 Å². The number of aryl methyl sites for hydroxylation is 1. The molecular weight excluding hydrogens is 431 g/mol. The van der Waals surface area contributed by atoms with E-state index in [1.165, 1.54) is 40.4 Å². The number of hydrogen-bond acceptors (Lipinski definition) is 6. The van der Waals surface area contributed by atoms with Crippen molar-refractivity contribution < 1.29 is 27.8 Å². The maximum atomic E-state index is 13.5. The van der Waals surface area contributed by atoms with E-state index in [1.807, 2.05) is 0 Å². The van der Waals surface area contributed by atoms with Gasteiger partial charge in [0, 0.05) is 29.6 Å². The normalized spacial score (nSPS) is 17.2. The first-order chi connectivity index (χ1) is 14.6. The summed E-state index contributed by atoms with van der Waals surface area (Å²) in [6.45, 7) is 0.989. The van der Waals surface area contributed by atoms with Gasteiger partial charge in [0.25, 0.3) is 5.91 Å². The Labute approximate surface area is 182 Å². The molecule has 2 heterocycles.